The first kappa shape index (κ1) is 36.1. The van der Waals surface area contributed by atoms with E-state index >= 15 is 0 Å². The van der Waals surface area contributed by atoms with Crippen molar-refractivity contribution < 1.29 is 30.0 Å². The van der Waals surface area contributed by atoms with E-state index in [0.717, 1.165) is 48.7 Å². The topological polar surface area (TPSA) is 172 Å². The molecule has 39 heavy (non-hydrogen) atoms. The predicted molar refractivity (Wildman–Crippen MR) is 149 cm³/mol. The van der Waals surface area contributed by atoms with Crippen LogP contribution in [0.15, 0.2) is 36.7 Å². The van der Waals surface area contributed by atoms with Crippen molar-refractivity contribution in [2.45, 2.75) is 77.6 Å². The molecule has 0 saturated heterocycles. The fourth-order valence-corrected chi connectivity index (χ4v) is 3.33. The highest BCUT2D eigenvalue weighted by Gasteiger charge is 2.12. The van der Waals surface area contributed by atoms with Gasteiger partial charge in [-0.25, -0.2) is 5.06 Å². The van der Waals surface area contributed by atoms with Gasteiger partial charge in [-0.1, -0.05) is 31.7 Å². The Hall–Kier alpha value is -2.93. The summed E-state index contributed by atoms with van der Waals surface area (Å²) in [7, 11) is 0. The van der Waals surface area contributed by atoms with Gasteiger partial charge in [0, 0.05) is 56.8 Å². The molecule has 12 nitrogen and oxygen atoms in total. The maximum atomic E-state index is 12.0. The predicted octanol–water partition coefficient (Wildman–Crippen LogP) is 2.67. The lowest BCUT2D eigenvalue weighted by Crippen LogP contribution is -2.31. The Morgan fingerprint density at radius 1 is 0.744 bits per heavy atom. The number of amides is 3. The first-order chi connectivity index (χ1) is 18.6. The molecule has 0 spiro atoms. The third-order valence-electron chi connectivity index (χ3n) is 5.83. The summed E-state index contributed by atoms with van der Waals surface area (Å²) in [5.74, 6) is -0.961. The van der Waals surface area contributed by atoms with Crippen molar-refractivity contribution in [3.05, 3.63) is 36.7 Å². The molecule has 0 aromatic rings. The van der Waals surface area contributed by atoms with Crippen LogP contribution >= 0.6 is 0 Å². The Morgan fingerprint density at radius 3 is 2.03 bits per heavy atom. The highest BCUT2D eigenvalue weighted by molar-refractivity contribution is 5.83. The average Bonchev–Trinajstić information content (AvgIpc) is 2.91. The number of rotatable bonds is 24. The molecule has 224 valence electrons. The van der Waals surface area contributed by atoms with Gasteiger partial charge in [-0.05, 0) is 58.4 Å². The molecule has 0 atom stereocenters. The first-order valence-corrected chi connectivity index (χ1v) is 13.7. The fraction of sp³-hybridized carbons (Fsp3) is 0.667. The molecule has 0 radical (unpaired) electrons. The molecule has 0 rings (SSSR count). The number of nitrogens with two attached hydrogens (primary N) is 1. The van der Waals surface area contributed by atoms with Crippen molar-refractivity contribution in [3.8, 4) is 0 Å². The van der Waals surface area contributed by atoms with Crippen LogP contribution in [0, 0.1) is 0 Å². The lowest BCUT2D eigenvalue weighted by atomic mass is 10.2. The molecule has 0 aromatic heterocycles. The lowest BCUT2D eigenvalue weighted by Gasteiger charge is -2.19. The SMILES string of the molecule is C=C(C)N(O)CCCCCNC(=O)CCC(=O)N(O)CC/C=C/CNC(=O)CCC(=C)N(O)CCCCCN. The van der Waals surface area contributed by atoms with E-state index in [1.807, 2.05) is 0 Å². The molecule has 0 aromatic carbocycles. The van der Waals surface area contributed by atoms with Gasteiger partial charge in [-0.2, -0.15) is 0 Å². The van der Waals surface area contributed by atoms with Crippen LogP contribution in [-0.4, -0.2) is 87.8 Å². The van der Waals surface area contributed by atoms with Gasteiger partial charge in [0.15, 0.2) is 0 Å². The Morgan fingerprint density at radius 2 is 1.36 bits per heavy atom. The van der Waals surface area contributed by atoms with E-state index < -0.39 is 5.91 Å². The summed E-state index contributed by atoms with van der Waals surface area (Å²) in [6.07, 6.45) is 9.32. The molecule has 0 fully saturated rings. The van der Waals surface area contributed by atoms with Crippen molar-refractivity contribution in [2.24, 2.45) is 5.73 Å². The minimum atomic E-state index is -0.535. The lowest BCUT2D eigenvalue weighted by molar-refractivity contribution is -0.165. The zero-order chi connectivity index (χ0) is 29.5. The van der Waals surface area contributed by atoms with E-state index in [0.29, 0.717) is 62.0 Å². The molecule has 0 heterocycles. The van der Waals surface area contributed by atoms with E-state index in [1.54, 1.807) is 19.1 Å². The van der Waals surface area contributed by atoms with E-state index in [-0.39, 0.29) is 37.6 Å². The Balaban J connectivity index is 3.85. The van der Waals surface area contributed by atoms with E-state index in [4.69, 9.17) is 5.73 Å². The zero-order valence-corrected chi connectivity index (χ0v) is 23.6. The summed E-state index contributed by atoms with van der Waals surface area (Å²) in [6.45, 7) is 11.6. The van der Waals surface area contributed by atoms with Crippen molar-refractivity contribution in [3.63, 3.8) is 0 Å². The van der Waals surface area contributed by atoms with Crippen molar-refractivity contribution in [2.75, 3.05) is 39.3 Å². The van der Waals surface area contributed by atoms with Crippen LogP contribution in [0.1, 0.15) is 77.6 Å². The molecular weight excluding hydrogens is 504 g/mol. The number of allylic oxidation sites excluding steroid dienone is 2. The maximum absolute atomic E-state index is 12.0. The molecule has 0 bridgehead atoms. The number of carbonyl (C=O) groups excluding carboxylic acids is 3. The van der Waals surface area contributed by atoms with Crippen LogP contribution < -0.4 is 16.4 Å². The van der Waals surface area contributed by atoms with Gasteiger partial charge >= 0.3 is 0 Å². The van der Waals surface area contributed by atoms with Crippen LogP contribution in [0.5, 0.6) is 0 Å². The van der Waals surface area contributed by atoms with Crippen LogP contribution in [0.3, 0.4) is 0 Å². The minimum absolute atomic E-state index is 0.00735. The standard InChI is InChI=1S/C27H50N6O6/c1-23(2)31(37)20-11-5-8-19-30-26(35)15-16-27(36)33(39)22-12-6-9-18-29-25(34)14-13-24(3)32(38)21-10-4-7-17-28/h6,9,37-39H,1,3-5,7-8,10-22,28H2,2H3,(H,29,34)(H,30,35)/b9-6+. The van der Waals surface area contributed by atoms with E-state index in [2.05, 4.69) is 23.8 Å². The second-order valence-corrected chi connectivity index (χ2v) is 9.39. The first-order valence-electron chi connectivity index (χ1n) is 13.7. The molecular formula is C27H50N6O6. The van der Waals surface area contributed by atoms with Crippen molar-refractivity contribution in [1.29, 1.82) is 0 Å². The summed E-state index contributed by atoms with van der Waals surface area (Å²) in [5.41, 5.74) is 6.52. The van der Waals surface area contributed by atoms with E-state index in [1.165, 1.54) is 0 Å². The van der Waals surface area contributed by atoms with Gasteiger partial charge in [-0.3, -0.25) is 40.1 Å². The molecule has 0 aliphatic carbocycles. The zero-order valence-electron chi connectivity index (χ0n) is 23.6. The molecule has 3 amide bonds. The number of hydrogen-bond donors (Lipinski definition) is 6. The van der Waals surface area contributed by atoms with Gasteiger partial charge in [-0.15, -0.1) is 0 Å². The van der Waals surface area contributed by atoms with Crippen LogP contribution in [-0.2, 0) is 14.4 Å². The highest BCUT2D eigenvalue weighted by atomic mass is 16.5. The molecule has 0 aliphatic rings. The monoisotopic (exact) mass is 554 g/mol. The van der Waals surface area contributed by atoms with Gasteiger partial charge in [0.1, 0.15) is 0 Å². The van der Waals surface area contributed by atoms with Gasteiger partial charge < -0.3 is 16.4 Å². The number of unbranched alkanes of at least 4 members (excludes halogenated alkanes) is 4. The molecule has 0 saturated carbocycles. The fourth-order valence-electron chi connectivity index (χ4n) is 3.33. The Bertz CT molecular complexity index is 776. The molecule has 0 unspecified atom stereocenters. The van der Waals surface area contributed by atoms with Crippen LogP contribution in [0.4, 0.5) is 0 Å². The summed E-state index contributed by atoms with van der Waals surface area (Å²) in [6, 6.07) is 0. The van der Waals surface area contributed by atoms with Crippen LogP contribution in [0.25, 0.3) is 0 Å². The summed E-state index contributed by atoms with van der Waals surface area (Å²) >= 11 is 0. The highest BCUT2D eigenvalue weighted by Crippen LogP contribution is 2.09. The third-order valence-corrected chi connectivity index (χ3v) is 5.83. The van der Waals surface area contributed by atoms with Crippen molar-refractivity contribution in [1.82, 2.24) is 25.8 Å². The van der Waals surface area contributed by atoms with Gasteiger partial charge in [0.25, 0.3) is 0 Å². The summed E-state index contributed by atoms with van der Waals surface area (Å²) < 4.78 is 0. The molecule has 7 N–H and O–H groups in total. The van der Waals surface area contributed by atoms with Crippen LogP contribution in [0.2, 0.25) is 0 Å². The number of hydroxylamine groups is 6. The summed E-state index contributed by atoms with van der Waals surface area (Å²) in [5, 5.41) is 37.5. The number of nitrogens with one attached hydrogen (secondary N) is 2. The quantitative estimate of drug-likeness (QED) is 0.0454. The maximum Gasteiger partial charge on any atom is 0.246 e. The summed E-state index contributed by atoms with van der Waals surface area (Å²) in [4.78, 5) is 35.8. The second kappa shape index (κ2) is 23.0. The smallest absolute Gasteiger partial charge is 0.246 e. The largest absolute Gasteiger partial charge is 0.356 e. The van der Waals surface area contributed by atoms with Gasteiger partial charge in [0.2, 0.25) is 17.7 Å². The number of hydrogen-bond acceptors (Lipinski definition) is 9. The average molecular weight is 555 g/mol. The Labute approximate surface area is 233 Å². The minimum Gasteiger partial charge on any atom is -0.356 e. The Kier molecular flexibility index (Phi) is 21.3. The second-order valence-electron chi connectivity index (χ2n) is 9.39. The molecule has 12 heteroatoms. The molecule has 0 aliphatic heterocycles. The number of carbonyl (C=O) groups is 3. The normalized spacial score (nSPS) is 10.8. The van der Waals surface area contributed by atoms with Crippen molar-refractivity contribution >= 4 is 17.7 Å². The van der Waals surface area contributed by atoms with E-state index in [9.17, 15) is 30.0 Å². The third kappa shape index (κ3) is 20.7. The van der Waals surface area contributed by atoms with Gasteiger partial charge in [0.05, 0.1) is 6.54 Å². The number of nitrogens with zero attached hydrogens (tertiary/aromatic N) is 3.